The third kappa shape index (κ3) is 5.81. The molecule has 2 saturated heterocycles. The maximum absolute atomic E-state index is 12.7. The van der Waals surface area contributed by atoms with Crippen LogP contribution in [0.1, 0.15) is 56.3 Å². The summed E-state index contributed by atoms with van der Waals surface area (Å²) in [5.74, 6) is 0.834. The lowest BCUT2D eigenvalue weighted by molar-refractivity contribution is -0.133. The summed E-state index contributed by atoms with van der Waals surface area (Å²) < 4.78 is 0. The second-order valence-electron chi connectivity index (χ2n) is 8.73. The average molecular weight is 400 g/mol. The Balaban J connectivity index is 1.41. The highest BCUT2D eigenvalue weighted by Gasteiger charge is 2.29. The van der Waals surface area contributed by atoms with Crippen LogP contribution in [-0.2, 0) is 9.59 Å². The van der Waals surface area contributed by atoms with Gasteiger partial charge in [-0.1, -0.05) is 13.8 Å². The standard InChI is InChI=1S/C23H33N3O3/c1-17(2)15-22(28)26-13-9-20(10-14-26)24-23(29)19-7-11-25(12-8-19)21-5-3-18(16-27)4-6-21/h3-6,16-17,19-20H,7-15H2,1-2H3,(H,24,29). The minimum absolute atomic E-state index is 0.0566. The van der Waals surface area contributed by atoms with Crippen molar-refractivity contribution in [1.29, 1.82) is 0 Å². The third-order valence-corrected chi connectivity index (χ3v) is 6.04. The van der Waals surface area contributed by atoms with Gasteiger partial charge in [0.25, 0.3) is 0 Å². The number of anilines is 1. The normalized spacial score (nSPS) is 18.7. The largest absolute Gasteiger partial charge is 0.371 e. The predicted molar refractivity (Wildman–Crippen MR) is 114 cm³/mol. The van der Waals surface area contributed by atoms with E-state index in [-0.39, 0.29) is 23.8 Å². The molecule has 0 aliphatic carbocycles. The molecule has 2 amide bonds. The van der Waals surface area contributed by atoms with Crippen molar-refractivity contribution in [3.8, 4) is 0 Å². The van der Waals surface area contributed by atoms with Gasteiger partial charge < -0.3 is 15.1 Å². The van der Waals surface area contributed by atoms with Crippen molar-refractivity contribution in [2.45, 2.75) is 52.0 Å². The molecule has 158 valence electrons. The first-order chi connectivity index (χ1) is 14.0. The van der Waals surface area contributed by atoms with Gasteiger partial charge in [0, 0.05) is 55.8 Å². The van der Waals surface area contributed by atoms with Crippen LogP contribution in [-0.4, -0.2) is 55.2 Å². The molecule has 0 atom stereocenters. The molecule has 2 aliphatic heterocycles. The lowest BCUT2D eigenvalue weighted by Gasteiger charge is -2.36. The fourth-order valence-electron chi connectivity index (χ4n) is 4.23. The van der Waals surface area contributed by atoms with Gasteiger partial charge in [-0.2, -0.15) is 0 Å². The van der Waals surface area contributed by atoms with Gasteiger partial charge in [-0.25, -0.2) is 0 Å². The molecular weight excluding hydrogens is 366 g/mol. The number of nitrogens with one attached hydrogen (secondary N) is 1. The molecule has 0 bridgehead atoms. The van der Waals surface area contributed by atoms with Gasteiger partial charge in [0.2, 0.25) is 11.8 Å². The number of amides is 2. The van der Waals surface area contributed by atoms with Crippen LogP contribution in [0.3, 0.4) is 0 Å². The molecule has 3 rings (SSSR count). The molecule has 1 aromatic rings. The summed E-state index contributed by atoms with van der Waals surface area (Å²) in [6.45, 7) is 7.31. The van der Waals surface area contributed by atoms with Gasteiger partial charge in [-0.3, -0.25) is 14.4 Å². The number of nitrogens with zero attached hydrogens (tertiary/aromatic N) is 2. The van der Waals surface area contributed by atoms with Crippen LogP contribution in [0.25, 0.3) is 0 Å². The molecule has 2 heterocycles. The molecule has 0 spiro atoms. The van der Waals surface area contributed by atoms with E-state index >= 15 is 0 Å². The van der Waals surface area contributed by atoms with Crippen LogP contribution in [0.15, 0.2) is 24.3 Å². The smallest absolute Gasteiger partial charge is 0.223 e. The van der Waals surface area contributed by atoms with E-state index in [1.165, 1.54) is 0 Å². The number of aldehydes is 1. The zero-order valence-electron chi connectivity index (χ0n) is 17.6. The van der Waals surface area contributed by atoms with Crippen molar-refractivity contribution in [3.05, 3.63) is 29.8 Å². The zero-order valence-corrected chi connectivity index (χ0v) is 17.6. The van der Waals surface area contributed by atoms with Crippen LogP contribution < -0.4 is 10.2 Å². The van der Waals surface area contributed by atoms with Crippen molar-refractivity contribution in [1.82, 2.24) is 10.2 Å². The fraction of sp³-hybridized carbons (Fsp3) is 0.609. The molecule has 1 aromatic carbocycles. The highest BCUT2D eigenvalue weighted by Crippen LogP contribution is 2.24. The van der Waals surface area contributed by atoms with Gasteiger partial charge in [-0.15, -0.1) is 0 Å². The summed E-state index contributed by atoms with van der Waals surface area (Å²) in [4.78, 5) is 39.9. The molecule has 1 N–H and O–H groups in total. The van der Waals surface area contributed by atoms with E-state index in [0.29, 0.717) is 17.9 Å². The van der Waals surface area contributed by atoms with Crippen LogP contribution >= 0.6 is 0 Å². The molecule has 2 fully saturated rings. The van der Waals surface area contributed by atoms with Gasteiger partial charge in [-0.05, 0) is 55.9 Å². The second-order valence-corrected chi connectivity index (χ2v) is 8.73. The number of benzene rings is 1. The molecule has 29 heavy (non-hydrogen) atoms. The van der Waals surface area contributed by atoms with E-state index in [4.69, 9.17) is 0 Å². The Morgan fingerprint density at radius 3 is 2.21 bits per heavy atom. The molecule has 6 nitrogen and oxygen atoms in total. The molecular formula is C23H33N3O3. The Kier molecular flexibility index (Phi) is 7.29. The number of rotatable bonds is 6. The van der Waals surface area contributed by atoms with E-state index in [0.717, 1.165) is 63.8 Å². The van der Waals surface area contributed by atoms with Gasteiger partial charge in [0.1, 0.15) is 6.29 Å². The summed E-state index contributed by atoms with van der Waals surface area (Å²) in [6.07, 6.45) is 4.83. The van der Waals surface area contributed by atoms with Crippen molar-refractivity contribution in [2.75, 3.05) is 31.1 Å². The first kappa shape index (κ1) is 21.3. The lowest BCUT2D eigenvalue weighted by atomic mass is 9.94. The van der Waals surface area contributed by atoms with Crippen molar-refractivity contribution in [3.63, 3.8) is 0 Å². The van der Waals surface area contributed by atoms with E-state index in [9.17, 15) is 14.4 Å². The highest BCUT2D eigenvalue weighted by molar-refractivity contribution is 5.80. The minimum Gasteiger partial charge on any atom is -0.371 e. The number of likely N-dealkylation sites (tertiary alicyclic amines) is 1. The topological polar surface area (TPSA) is 69.7 Å². The second kappa shape index (κ2) is 9.90. The predicted octanol–water partition coefficient (Wildman–Crippen LogP) is 2.87. The Hall–Kier alpha value is -2.37. The summed E-state index contributed by atoms with van der Waals surface area (Å²) >= 11 is 0. The van der Waals surface area contributed by atoms with Crippen LogP contribution in [0.5, 0.6) is 0 Å². The Morgan fingerprint density at radius 2 is 1.66 bits per heavy atom. The maximum Gasteiger partial charge on any atom is 0.223 e. The molecule has 0 unspecified atom stereocenters. The number of carbonyl (C=O) groups excluding carboxylic acids is 3. The Bertz CT molecular complexity index is 701. The quantitative estimate of drug-likeness (QED) is 0.747. The van der Waals surface area contributed by atoms with Crippen LogP contribution in [0, 0.1) is 11.8 Å². The average Bonchev–Trinajstić information content (AvgIpc) is 2.74. The molecule has 0 radical (unpaired) electrons. The molecule has 6 heteroatoms. The Morgan fingerprint density at radius 1 is 1.03 bits per heavy atom. The van der Waals surface area contributed by atoms with Crippen LogP contribution in [0.4, 0.5) is 5.69 Å². The number of carbonyl (C=O) groups is 3. The number of piperidine rings is 2. The molecule has 0 saturated carbocycles. The van der Waals surface area contributed by atoms with Crippen molar-refractivity contribution in [2.24, 2.45) is 11.8 Å². The van der Waals surface area contributed by atoms with E-state index in [1.807, 2.05) is 29.2 Å². The third-order valence-electron chi connectivity index (χ3n) is 6.04. The van der Waals surface area contributed by atoms with Gasteiger partial charge >= 0.3 is 0 Å². The zero-order chi connectivity index (χ0) is 20.8. The summed E-state index contributed by atoms with van der Waals surface area (Å²) in [6, 6.07) is 7.79. The first-order valence-corrected chi connectivity index (χ1v) is 10.8. The maximum atomic E-state index is 12.7. The highest BCUT2D eigenvalue weighted by atomic mass is 16.2. The van der Waals surface area contributed by atoms with E-state index < -0.39 is 0 Å². The van der Waals surface area contributed by atoms with Gasteiger partial charge in [0.15, 0.2) is 0 Å². The lowest BCUT2D eigenvalue weighted by Crippen LogP contribution is -2.49. The number of hydrogen-bond acceptors (Lipinski definition) is 4. The monoisotopic (exact) mass is 399 g/mol. The van der Waals surface area contributed by atoms with E-state index in [2.05, 4.69) is 24.1 Å². The fourth-order valence-corrected chi connectivity index (χ4v) is 4.23. The van der Waals surface area contributed by atoms with Crippen molar-refractivity contribution >= 4 is 23.8 Å². The summed E-state index contributed by atoms with van der Waals surface area (Å²) in [7, 11) is 0. The van der Waals surface area contributed by atoms with Crippen molar-refractivity contribution < 1.29 is 14.4 Å². The first-order valence-electron chi connectivity index (χ1n) is 10.8. The van der Waals surface area contributed by atoms with E-state index in [1.54, 1.807) is 0 Å². The summed E-state index contributed by atoms with van der Waals surface area (Å²) in [5.41, 5.74) is 1.79. The Labute approximate surface area is 173 Å². The minimum atomic E-state index is 0.0566. The van der Waals surface area contributed by atoms with Crippen LogP contribution in [0.2, 0.25) is 0 Å². The SMILES string of the molecule is CC(C)CC(=O)N1CCC(NC(=O)C2CCN(c3ccc(C=O)cc3)CC2)CC1. The van der Waals surface area contributed by atoms with Gasteiger partial charge in [0.05, 0.1) is 0 Å². The molecule has 2 aliphatic rings. The number of hydrogen-bond donors (Lipinski definition) is 1. The molecule has 0 aromatic heterocycles. The summed E-state index contributed by atoms with van der Waals surface area (Å²) in [5, 5.41) is 3.22.